The number of carbonyl (C=O) groups is 1. The number of rotatable bonds is 14. The van der Waals surface area contributed by atoms with Crippen molar-refractivity contribution < 1.29 is 31.3 Å². The van der Waals surface area contributed by atoms with E-state index < -0.39 is 39.3 Å². The number of hydrogen-bond acceptors (Lipinski definition) is 11. The minimum Gasteiger partial charge on any atom is -0.496 e. The van der Waals surface area contributed by atoms with Gasteiger partial charge in [-0.05, 0) is 38.0 Å². The van der Waals surface area contributed by atoms with Gasteiger partial charge in [-0.1, -0.05) is 25.2 Å². The lowest BCUT2D eigenvalue weighted by Crippen LogP contribution is -2.44. The maximum Gasteiger partial charge on any atom is 0.332 e. The zero-order valence-corrected chi connectivity index (χ0v) is 26.8. The third-order valence-electron chi connectivity index (χ3n) is 6.87. The molecular weight excluding hydrogens is 617 g/mol. The van der Waals surface area contributed by atoms with E-state index in [0.29, 0.717) is 10.6 Å². The van der Waals surface area contributed by atoms with Crippen LogP contribution in [0.5, 0.6) is 5.75 Å². The van der Waals surface area contributed by atoms with Crippen molar-refractivity contribution in [2.45, 2.75) is 52.8 Å². The van der Waals surface area contributed by atoms with Crippen molar-refractivity contribution in [1.82, 2.24) is 24.1 Å². The normalized spacial score (nSPS) is 13.5. The number of ketones is 1. The predicted octanol–water partition coefficient (Wildman–Crippen LogP) is 3.17. The maximum atomic E-state index is 14.5. The quantitative estimate of drug-likeness (QED) is 0.147. The molecule has 0 amide bonds. The number of ether oxygens (including phenoxy) is 2. The molecule has 0 aliphatic heterocycles. The van der Waals surface area contributed by atoms with Crippen LogP contribution in [0.3, 0.4) is 0 Å². The third-order valence-corrected chi connectivity index (χ3v) is 8.74. The van der Waals surface area contributed by atoms with Crippen LogP contribution < -0.4 is 16.0 Å². The molecule has 16 heteroatoms. The Morgan fingerprint density at radius 2 is 1.80 bits per heavy atom. The molecule has 3 heterocycles. The Morgan fingerprint density at radius 1 is 1.11 bits per heavy atom. The first-order chi connectivity index (χ1) is 20.7. The van der Waals surface area contributed by atoms with Gasteiger partial charge in [-0.15, -0.1) is 4.80 Å². The standard InChI is InChI=1S/C28H34FN5O8S2/c1-16(2)13-21(35)18(4)33-25(36)24-17(3)26(34-30-9-10-31-34)43-27(24)32(28(33)37)15-23(41-11-12-42-44(6,38)39)20-14-19(29)7-8-22(20)40-5/h7-10,14,16,18,23H,11-13,15H2,1-6H3/t18?,23-/m0/s1. The summed E-state index contributed by atoms with van der Waals surface area (Å²) in [6.07, 6.45) is 2.92. The van der Waals surface area contributed by atoms with Crippen LogP contribution in [-0.2, 0) is 30.4 Å². The average Bonchev–Trinajstić information content (AvgIpc) is 3.59. The van der Waals surface area contributed by atoms with Crippen LogP contribution >= 0.6 is 11.3 Å². The van der Waals surface area contributed by atoms with E-state index in [2.05, 4.69) is 10.2 Å². The SMILES string of the molecule is COc1ccc(F)cc1[C@H](Cn1c(=O)n(C(C)C(=O)CC(C)C)c(=O)c2c(C)c(-n3nccn3)sc21)OCCOS(C)(=O)=O. The number of aryl methyl sites for hydroxylation is 1. The number of methoxy groups -OCH3 is 1. The van der Waals surface area contributed by atoms with E-state index >= 15 is 0 Å². The molecule has 4 aromatic rings. The molecule has 0 aliphatic carbocycles. The first-order valence-electron chi connectivity index (χ1n) is 13.7. The van der Waals surface area contributed by atoms with Crippen LogP contribution in [0.2, 0.25) is 0 Å². The van der Waals surface area contributed by atoms with E-state index in [1.165, 1.54) is 54.0 Å². The van der Waals surface area contributed by atoms with Gasteiger partial charge in [0.1, 0.15) is 27.5 Å². The molecule has 0 saturated carbocycles. The van der Waals surface area contributed by atoms with E-state index in [9.17, 15) is 27.2 Å². The van der Waals surface area contributed by atoms with Gasteiger partial charge in [-0.2, -0.15) is 18.6 Å². The smallest absolute Gasteiger partial charge is 0.332 e. The van der Waals surface area contributed by atoms with Crippen molar-refractivity contribution in [2.24, 2.45) is 5.92 Å². The summed E-state index contributed by atoms with van der Waals surface area (Å²) in [5.41, 5.74) is -0.680. The van der Waals surface area contributed by atoms with E-state index in [1.807, 2.05) is 13.8 Å². The number of fused-ring (bicyclic) bond motifs is 1. The summed E-state index contributed by atoms with van der Waals surface area (Å²) in [5.74, 6) is -0.637. The molecule has 0 spiro atoms. The fraction of sp³-hybridized carbons (Fsp3) is 0.464. The zero-order chi connectivity index (χ0) is 32.3. The number of aromatic nitrogens is 5. The Hall–Kier alpha value is -3.73. The van der Waals surface area contributed by atoms with Gasteiger partial charge in [0.05, 0.1) is 56.9 Å². The highest BCUT2D eigenvalue weighted by atomic mass is 32.2. The van der Waals surface area contributed by atoms with Gasteiger partial charge in [0.15, 0.2) is 5.78 Å². The highest BCUT2D eigenvalue weighted by Crippen LogP contribution is 2.34. The molecule has 1 unspecified atom stereocenters. The molecule has 0 saturated heterocycles. The van der Waals surface area contributed by atoms with Crippen LogP contribution in [0.1, 0.15) is 50.5 Å². The van der Waals surface area contributed by atoms with Gasteiger partial charge in [0, 0.05) is 17.5 Å². The van der Waals surface area contributed by atoms with Crippen molar-refractivity contribution in [2.75, 3.05) is 26.6 Å². The molecular formula is C28H34FN5O8S2. The Kier molecular flexibility index (Phi) is 10.2. The van der Waals surface area contributed by atoms with Crippen molar-refractivity contribution in [3.8, 4) is 10.8 Å². The molecule has 0 N–H and O–H groups in total. The number of carbonyl (C=O) groups excluding carboxylic acids is 1. The molecule has 0 radical (unpaired) electrons. The fourth-order valence-electron chi connectivity index (χ4n) is 4.82. The summed E-state index contributed by atoms with van der Waals surface area (Å²) < 4.78 is 56.0. The third kappa shape index (κ3) is 7.14. The summed E-state index contributed by atoms with van der Waals surface area (Å²) in [6, 6.07) is 2.71. The fourth-order valence-corrected chi connectivity index (χ4v) is 6.41. The summed E-state index contributed by atoms with van der Waals surface area (Å²) >= 11 is 1.10. The molecule has 2 atom stereocenters. The predicted molar refractivity (Wildman–Crippen MR) is 162 cm³/mol. The van der Waals surface area contributed by atoms with Crippen molar-refractivity contribution in [3.63, 3.8) is 0 Å². The van der Waals surface area contributed by atoms with E-state index in [-0.39, 0.29) is 59.4 Å². The van der Waals surface area contributed by atoms with Gasteiger partial charge in [-0.3, -0.25) is 18.3 Å². The second kappa shape index (κ2) is 13.5. The molecule has 44 heavy (non-hydrogen) atoms. The summed E-state index contributed by atoms with van der Waals surface area (Å²) in [4.78, 5) is 42.8. The van der Waals surface area contributed by atoms with Crippen molar-refractivity contribution in [3.05, 3.63) is 68.4 Å². The molecule has 3 aromatic heterocycles. The Labute approximate surface area is 256 Å². The highest BCUT2D eigenvalue weighted by molar-refractivity contribution is 7.85. The Balaban J connectivity index is 1.94. The lowest BCUT2D eigenvalue weighted by atomic mass is 10.0. The number of nitrogens with zero attached hydrogens (tertiary/aromatic N) is 5. The molecule has 1 aromatic carbocycles. The number of hydrogen-bond donors (Lipinski definition) is 0. The average molecular weight is 652 g/mol. The van der Waals surface area contributed by atoms with Gasteiger partial charge >= 0.3 is 5.69 Å². The highest BCUT2D eigenvalue weighted by Gasteiger charge is 2.29. The van der Waals surface area contributed by atoms with Gasteiger partial charge in [0.25, 0.3) is 15.7 Å². The summed E-state index contributed by atoms with van der Waals surface area (Å²) in [6.45, 7) is 6.09. The Bertz CT molecular complexity index is 1880. The number of benzene rings is 1. The lowest BCUT2D eigenvalue weighted by Gasteiger charge is -2.23. The van der Waals surface area contributed by atoms with E-state index in [0.717, 1.165) is 22.2 Å². The molecule has 13 nitrogen and oxygen atoms in total. The lowest BCUT2D eigenvalue weighted by molar-refractivity contribution is -0.122. The monoisotopic (exact) mass is 651 g/mol. The topological polar surface area (TPSA) is 154 Å². The molecule has 238 valence electrons. The van der Waals surface area contributed by atoms with Crippen molar-refractivity contribution in [1.29, 1.82) is 0 Å². The van der Waals surface area contributed by atoms with E-state index in [1.54, 1.807) is 6.92 Å². The van der Waals surface area contributed by atoms with Crippen LogP contribution in [0, 0.1) is 18.7 Å². The first kappa shape index (κ1) is 33.2. The second-order valence-corrected chi connectivity index (χ2v) is 13.2. The van der Waals surface area contributed by atoms with Crippen molar-refractivity contribution >= 4 is 37.5 Å². The molecule has 0 bridgehead atoms. The number of Topliss-reactive ketones (excluding diaryl/α,β-unsaturated/α-hetero) is 1. The molecule has 4 rings (SSSR count). The van der Waals surface area contributed by atoms with Crippen LogP contribution in [0.25, 0.3) is 15.2 Å². The maximum absolute atomic E-state index is 14.5. The van der Waals surface area contributed by atoms with Crippen LogP contribution in [0.4, 0.5) is 4.39 Å². The van der Waals surface area contributed by atoms with Crippen LogP contribution in [-0.4, -0.2) is 64.9 Å². The van der Waals surface area contributed by atoms with Gasteiger partial charge in [-0.25, -0.2) is 13.8 Å². The van der Waals surface area contributed by atoms with Gasteiger partial charge in [0.2, 0.25) is 0 Å². The Morgan fingerprint density at radius 3 is 2.41 bits per heavy atom. The largest absolute Gasteiger partial charge is 0.496 e. The summed E-state index contributed by atoms with van der Waals surface area (Å²) in [7, 11) is -2.38. The van der Waals surface area contributed by atoms with Gasteiger partial charge < -0.3 is 9.47 Å². The number of halogens is 1. The van der Waals surface area contributed by atoms with Crippen LogP contribution in [0.15, 0.2) is 40.2 Å². The zero-order valence-electron chi connectivity index (χ0n) is 25.1. The second-order valence-electron chi connectivity index (χ2n) is 10.6. The molecule has 0 fully saturated rings. The molecule has 0 aliphatic rings. The number of thiophene rings is 1. The minimum absolute atomic E-state index is 0.000592. The summed E-state index contributed by atoms with van der Waals surface area (Å²) in [5, 5.41) is 9.02. The first-order valence-corrected chi connectivity index (χ1v) is 16.3. The van der Waals surface area contributed by atoms with E-state index in [4.69, 9.17) is 13.7 Å². The minimum atomic E-state index is -3.76.